The third kappa shape index (κ3) is 3.01. The van der Waals surface area contributed by atoms with Gasteiger partial charge >= 0.3 is 0 Å². The van der Waals surface area contributed by atoms with Gasteiger partial charge in [0.15, 0.2) is 4.96 Å². The summed E-state index contributed by atoms with van der Waals surface area (Å²) in [6, 6.07) is 5.81. The molecule has 6 heteroatoms. The lowest BCUT2D eigenvalue weighted by Crippen LogP contribution is -2.16. The molecule has 108 valence electrons. The van der Waals surface area contributed by atoms with Gasteiger partial charge in [0.1, 0.15) is 0 Å². The molecule has 0 spiro atoms. The Morgan fingerprint density at radius 2 is 2.24 bits per heavy atom. The van der Waals surface area contributed by atoms with Crippen LogP contribution < -0.4 is 5.32 Å². The molecule has 21 heavy (non-hydrogen) atoms. The molecule has 4 nitrogen and oxygen atoms in total. The zero-order valence-corrected chi connectivity index (χ0v) is 14.1. The summed E-state index contributed by atoms with van der Waals surface area (Å²) >= 11 is 4.97. The monoisotopic (exact) mass is 363 g/mol. The van der Waals surface area contributed by atoms with Crippen molar-refractivity contribution in [2.24, 2.45) is 0 Å². The first-order chi connectivity index (χ1) is 10.0. The lowest BCUT2D eigenvalue weighted by atomic mass is 10.2. The molecule has 0 aliphatic heterocycles. The van der Waals surface area contributed by atoms with Crippen LogP contribution in [0.3, 0.4) is 0 Å². The van der Waals surface area contributed by atoms with Crippen LogP contribution >= 0.6 is 27.3 Å². The van der Waals surface area contributed by atoms with Crippen LogP contribution in [0.4, 0.5) is 5.69 Å². The molecule has 1 N–H and O–H groups in total. The summed E-state index contributed by atoms with van der Waals surface area (Å²) in [6.45, 7) is 3.93. The van der Waals surface area contributed by atoms with E-state index in [1.807, 2.05) is 48.0 Å². The third-order valence-electron chi connectivity index (χ3n) is 3.21. The molecule has 1 aromatic carbocycles. The standard InChI is InChI=1S/C15H14BrN3OS/c1-9-5-11(16)3-4-13(9)18-14(20)6-12-8-21-15-17-10(2)7-19(12)15/h3-5,7-8H,6H2,1-2H3,(H,18,20). The highest BCUT2D eigenvalue weighted by atomic mass is 79.9. The van der Waals surface area contributed by atoms with Gasteiger partial charge in [-0.2, -0.15) is 0 Å². The number of hydrogen-bond acceptors (Lipinski definition) is 3. The van der Waals surface area contributed by atoms with E-state index in [-0.39, 0.29) is 5.91 Å². The van der Waals surface area contributed by atoms with Crippen LogP contribution in [0.25, 0.3) is 4.96 Å². The van der Waals surface area contributed by atoms with Crippen molar-refractivity contribution in [3.63, 3.8) is 0 Å². The Bertz CT molecular complexity index is 822. The van der Waals surface area contributed by atoms with E-state index in [1.165, 1.54) is 0 Å². The Kier molecular flexibility index (Phi) is 3.82. The number of nitrogens with one attached hydrogen (secondary N) is 1. The van der Waals surface area contributed by atoms with Gasteiger partial charge in [0.25, 0.3) is 0 Å². The molecule has 2 heterocycles. The molecule has 3 rings (SSSR count). The van der Waals surface area contributed by atoms with Gasteiger partial charge in [-0.1, -0.05) is 15.9 Å². The highest BCUT2D eigenvalue weighted by Crippen LogP contribution is 2.21. The maximum absolute atomic E-state index is 12.2. The summed E-state index contributed by atoms with van der Waals surface area (Å²) in [7, 11) is 0. The Morgan fingerprint density at radius 3 is 3.00 bits per heavy atom. The van der Waals surface area contributed by atoms with Crippen LogP contribution in [0.15, 0.2) is 34.2 Å². The number of amides is 1. The Balaban J connectivity index is 1.77. The summed E-state index contributed by atoms with van der Waals surface area (Å²) in [5.41, 5.74) is 3.80. The van der Waals surface area contributed by atoms with Gasteiger partial charge in [-0.05, 0) is 37.6 Å². The second-order valence-corrected chi connectivity index (χ2v) is 6.70. The van der Waals surface area contributed by atoms with Gasteiger partial charge in [0.05, 0.1) is 12.1 Å². The van der Waals surface area contributed by atoms with Gasteiger partial charge in [-0.15, -0.1) is 11.3 Å². The molecule has 0 radical (unpaired) electrons. The number of imidazole rings is 1. The van der Waals surface area contributed by atoms with E-state index in [2.05, 4.69) is 26.2 Å². The minimum Gasteiger partial charge on any atom is -0.326 e. The quantitative estimate of drug-likeness (QED) is 0.765. The molecule has 3 aromatic rings. The number of hydrogen-bond donors (Lipinski definition) is 1. The van der Waals surface area contributed by atoms with Gasteiger partial charge in [-0.25, -0.2) is 4.98 Å². The molecule has 0 atom stereocenters. The fourth-order valence-corrected chi connectivity index (χ4v) is 3.59. The molecule has 0 saturated heterocycles. The Hall–Kier alpha value is -1.66. The molecule has 2 aromatic heterocycles. The summed E-state index contributed by atoms with van der Waals surface area (Å²) in [4.78, 5) is 17.5. The highest BCUT2D eigenvalue weighted by molar-refractivity contribution is 9.10. The topological polar surface area (TPSA) is 46.4 Å². The predicted octanol–water partition coefficient (Wildman–Crippen LogP) is 3.96. The van der Waals surface area contributed by atoms with Crippen molar-refractivity contribution in [2.75, 3.05) is 5.32 Å². The van der Waals surface area contributed by atoms with Crippen LogP contribution in [0.5, 0.6) is 0 Å². The number of rotatable bonds is 3. The molecule has 0 fully saturated rings. The third-order valence-corrected chi connectivity index (χ3v) is 4.59. The van der Waals surface area contributed by atoms with Crippen molar-refractivity contribution < 1.29 is 4.79 Å². The second kappa shape index (κ2) is 5.61. The number of aromatic nitrogens is 2. The van der Waals surface area contributed by atoms with E-state index < -0.39 is 0 Å². The van der Waals surface area contributed by atoms with E-state index >= 15 is 0 Å². The van der Waals surface area contributed by atoms with Crippen molar-refractivity contribution in [1.82, 2.24) is 9.38 Å². The van der Waals surface area contributed by atoms with Crippen LogP contribution in [-0.2, 0) is 11.2 Å². The van der Waals surface area contributed by atoms with Crippen LogP contribution in [0.1, 0.15) is 17.0 Å². The predicted molar refractivity (Wildman–Crippen MR) is 89.0 cm³/mol. The van der Waals surface area contributed by atoms with E-state index in [0.717, 1.165) is 32.1 Å². The van der Waals surface area contributed by atoms with Crippen LogP contribution in [0, 0.1) is 13.8 Å². The maximum atomic E-state index is 12.2. The summed E-state index contributed by atoms with van der Waals surface area (Å²) in [5.74, 6) is -0.0218. The molecule has 0 bridgehead atoms. The lowest BCUT2D eigenvalue weighted by molar-refractivity contribution is -0.115. The van der Waals surface area contributed by atoms with Crippen molar-refractivity contribution in [3.05, 3.63) is 51.2 Å². The van der Waals surface area contributed by atoms with Crippen molar-refractivity contribution in [3.8, 4) is 0 Å². The van der Waals surface area contributed by atoms with E-state index in [0.29, 0.717) is 6.42 Å². The molecule has 1 amide bonds. The van der Waals surface area contributed by atoms with Gasteiger partial charge in [0.2, 0.25) is 5.91 Å². The van der Waals surface area contributed by atoms with Gasteiger partial charge < -0.3 is 5.32 Å². The smallest absolute Gasteiger partial charge is 0.230 e. The van der Waals surface area contributed by atoms with E-state index in [9.17, 15) is 4.79 Å². The zero-order valence-electron chi connectivity index (χ0n) is 11.7. The fraction of sp³-hybridized carbons (Fsp3) is 0.200. The Labute approximate surface area is 135 Å². The Morgan fingerprint density at radius 1 is 1.43 bits per heavy atom. The second-order valence-electron chi connectivity index (χ2n) is 4.95. The zero-order chi connectivity index (χ0) is 15.0. The first-order valence-corrected chi connectivity index (χ1v) is 8.18. The van der Waals surface area contributed by atoms with Crippen molar-refractivity contribution >= 4 is 43.8 Å². The number of anilines is 1. The highest BCUT2D eigenvalue weighted by Gasteiger charge is 2.11. The minimum absolute atomic E-state index is 0.0218. The maximum Gasteiger partial charge on any atom is 0.230 e. The number of carbonyl (C=O) groups excluding carboxylic acids is 1. The fourth-order valence-electron chi connectivity index (χ4n) is 2.20. The normalized spacial score (nSPS) is 11.0. The largest absolute Gasteiger partial charge is 0.326 e. The van der Waals surface area contributed by atoms with Crippen LogP contribution in [0.2, 0.25) is 0 Å². The van der Waals surface area contributed by atoms with Crippen molar-refractivity contribution in [2.45, 2.75) is 20.3 Å². The van der Waals surface area contributed by atoms with Crippen molar-refractivity contribution in [1.29, 1.82) is 0 Å². The number of nitrogens with zero attached hydrogens (tertiary/aromatic N) is 2. The molecular formula is C15H14BrN3OS. The molecule has 0 aliphatic rings. The average molecular weight is 364 g/mol. The van der Waals surface area contributed by atoms with Crippen LogP contribution in [-0.4, -0.2) is 15.3 Å². The number of benzene rings is 1. The first kappa shape index (κ1) is 14.3. The number of halogens is 1. The molecule has 0 aliphatic carbocycles. The van der Waals surface area contributed by atoms with Gasteiger partial charge in [-0.3, -0.25) is 9.20 Å². The van der Waals surface area contributed by atoms with Gasteiger partial charge in [0, 0.05) is 27.4 Å². The minimum atomic E-state index is -0.0218. The lowest BCUT2D eigenvalue weighted by Gasteiger charge is -2.08. The summed E-state index contributed by atoms with van der Waals surface area (Å²) < 4.78 is 2.99. The number of fused-ring (bicyclic) bond motifs is 1. The molecule has 0 saturated carbocycles. The summed E-state index contributed by atoms with van der Waals surface area (Å²) in [5, 5.41) is 4.94. The van der Waals surface area contributed by atoms with E-state index in [1.54, 1.807) is 11.3 Å². The molecule has 0 unspecified atom stereocenters. The number of thiazole rings is 1. The van der Waals surface area contributed by atoms with E-state index in [4.69, 9.17) is 0 Å². The number of aryl methyl sites for hydroxylation is 2. The SMILES string of the molecule is Cc1cn2c(CC(=O)Nc3ccc(Br)cc3C)csc2n1. The number of carbonyl (C=O) groups is 1. The summed E-state index contributed by atoms with van der Waals surface area (Å²) in [6.07, 6.45) is 2.30. The molecular weight excluding hydrogens is 350 g/mol. The first-order valence-electron chi connectivity index (χ1n) is 6.51. The average Bonchev–Trinajstić information content (AvgIpc) is 2.94.